The smallest absolute Gasteiger partial charge is 0.480 e. The molecular weight excluding hydrogens is 593 g/mol. The minimum absolute atomic E-state index is 0.123. The fourth-order valence-corrected chi connectivity index (χ4v) is 2.53. The number of carbonyl (C=O) groups is 4. The van der Waals surface area contributed by atoms with Gasteiger partial charge in [0, 0.05) is 24.0 Å². The lowest BCUT2D eigenvalue weighted by Gasteiger charge is -2.16. The molecule has 42 heavy (non-hydrogen) atoms. The number of anilines is 1. The zero-order valence-corrected chi connectivity index (χ0v) is 20.6. The largest absolute Gasteiger partial charge is 0.490 e. The number of hydrogen-bond donors (Lipinski definition) is 5. The van der Waals surface area contributed by atoms with Gasteiger partial charge in [0.2, 0.25) is 11.8 Å². The Bertz CT molecular complexity index is 1310. The number of pyridine rings is 1. The minimum Gasteiger partial charge on any atom is -0.480 e. The number of carboxylic acids is 3. The summed E-state index contributed by atoms with van der Waals surface area (Å²) >= 11 is 0. The molecule has 228 valence electrons. The number of halogens is 7. The van der Waals surface area contributed by atoms with Crippen molar-refractivity contribution in [2.45, 2.75) is 24.8 Å². The Morgan fingerprint density at radius 3 is 1.81 bits per heavy atom. The SMILES string of the molecule is O=C(O)C(F)(F)F.O=C(O)C(F)(F)F.O=C(O)CN[C@@H](Cc1ccc(F)cc1)C(=O)Nc1cc(-c2ccncc2)no1. The standard InChI is InChI=1S/C19H17FN4O4.2C2HF3O2/c20-14-3-1-12(2-4-14)9-16(22-11-18(25)26)19(27)23-17-10-15(24-28-17)13-5-7-21-8-6-13;2*3-2(4,5)1(6)7/h1-8,10,16,22H,9,11H2,(H,23,27)(H,25,26);2*(H,6,7)/t16-;;/m0../s1. The lowest BCUT2D eigenvalue weighted by molar-refractivity contribution is -0.193. The molecule has 0 aliphatic heterocycles. The topological polar surface area (TPSA) is 192 Å². The molecular formula is C23H19F7N4O8. The summed E-state index contributed by atoms with van der Waals surface area (Å²) in [5.41, 5.74) is 1.96. The van der Waals surface area contributed by atoms with Gasteiger partial charge in [-0.2, -0.15) is 26.3 Å². The van der Waals surface area contributed by atoms with Crippen LogP contribution in [0, 0.1) is 5.82 Å². The highest BCUT2D eigenvalue weighted by Crippen LogP contribution is 2.21. The van der Waals surface area contributed by atoms with E-state index in [9.17, 15) is 40.3 Å². The molecule has 0 unspecified atom stereocenters. The van der Waals surface area contributed by atoms with Crippen molar-refractivity contribution in [3.05, 3.63) is 66.2 Å². The second kappa shape index (κ2) is 15.6. The van der Waals surface area contributed by atoms with Crippen molar-refractivity contribution >= 4 is 29.7 Å². The molecule has 0 aliphatic rings. The molecule has 19 heteroatoms. The van der Waals surface area contributed by atoms with E-state index in [4.69, 9.17) is 29.4 Å². The van der Waals surface area contributed by atoms with Crippen LogP contribution in [0.25, 0.3) is 11.3 Å². The third-order valence-corrected chi connectivity index (χ3v) is 4.39. The van der Waals surface area contributed by atoms with Gasteiger partial charge in [0.05, 0.1) is 12.6 Å². The molecule has 1 amide bonds. The summed E-state index contributed by atoms with van der Waals surface area (Å²) in [6.45, 7) is -0.405. The molecule has 0 saturated carbocycles. The van der Waals surface area contributed by atoms with E-state index in [0.29, 0.717) is 11.3 Å². The molecule has 0 bridgehead atoms. The predicted molar refractivity (Wildman–Crippen MR) is 125 cm³/mol. The average Bonchev–Trinajstić information content (AvgIpc) is 3.36. The van der Waals surface area contributed by atoms with Crippen molar-refractivity contribution in [1.82, 2.24) is 15.5 Å². The number of nitrogens with one attached hydrogen (secondary N) is 2. The lowest BCUT2D eigenvalue weighted by atomic mass is 10.1. The van der Waals surface area contributed by atoms with Crippen molar-refractivity contribution < 1.29 is 69.8 Å². The van der Waals surface area contributed by atoms with Crippen LogP contribution in [0.15, 0.2) is 59.4 Å². The van der Waals surface area contributed by atoms with Gasteiger partial charge in [-0.3, -0.25) is 25.2 Å². The molecule has 0 aliphatic carbocycles. The number of benzene rings is 1. The lowest BCUT2D eigenvalue weighted by Crippen LogP contribution is -2.44. The Morgan fingerprint density at radius 2 is 1.36 bits per heavy atom. The monoisotopic (exact) mass is 612 g/mol. The first kappa shape index (κ1) is 35.0. The molecule has 12 nitrogen and oxygen atoms in total. The number of rotatable bonds is 8. The van der Waals surface area contributed by atoms with Crippen LogP contribution in [0.2, 0.25) is 0 Å². The van der Waals surface area contributed by atoms with E-state index in [1.54, 1.807) is 30.6 Å². The third kappa shape index (κ3) is 13.3. The van der Waals surface area contributed by atoms with Gasteiger partial charge in [0.25, 0.3) is 0 Å². The molecule has 5 N–H and O–H groups in total. The first-order valence-corrected chi connectivity index (χ1v) is 10.9. The van der Waals surface area contributed by atoms with Crippen LogP contribution < -0.4 is 10.6 Å². The van der Waals surface area contributed by atoms with E-state index >= 15 is 0 Å². The number of aliphatic carboxylic acids is 3. The van der Waals surface area contributed by atoms with Crippen LogP contribution in [0.3, 0.4) is 0 Å². The van der Waals surface area contributed by atoms with Crippen LogP contribution >= 0.6 is 0 Å². The van der Waals surface area contributed by atoms with E-state index in [-0.39, 0.29) is 12.3 Å². The molecule has 1 aromatic carbocycles. The quantitative estimate of drug-likeness (QED) is 0.234. The molecule has 2 aromatic heterocycles. The van der Waals surface area contributed by atoms with Gasteiger partial charge in [-0.05, 0) is 36.2 Å². The Hall–Kier alpha value is -5.07. The zero-order chi connectivity index (χ0) is 32.1. The van der Waals surface area contributed by atoms with Crippen LogP contribution in [0.5, 0.6) is 0 Å². The molecule has 0 fully saturated rings. The van der Waals surface area contributed by atoms with Gasteiger partial charge in [-0.15, -0.1) is 0 Å². The second-order valence-corrected chi connectivity index (χ2v) is 7.57. The maximum atomic E-state index is 13.1. The molecule has 0 spiro atoms. The summed E-state index contributed by atoms with van der Waals surface area (Å²) in [6, 6.07) is 9.81. The highest BCUT2D eigenvalue weighted by atomic mass is 19.4. The first-order valence-electron chi connectivity index (χ1n) is 10.9. The molecule has 2 heterocycles. The summed E-state index contributed by atoms with van der Waals surface area (Å²) in [5.74, 6) is -7.38. The molecule has 1 atom stereocenters. The fourth-order valence-electron chi connectivity index (χ4n) is 2.53. The average molecular weight is 612 g/mol. The Balaban J connectivity index is 0.000000522. The van der Waals surface area contributed by atoms with Gasteiger partial charge in [-0.25, -0.2) is 14.0 Å². The number of amides is 1. The second-order valence-electron chi connectivity index (χ2n) is 7.57. The van der Waals surface area contributed by atoms with Crippen molar-refractivity contribution in [2.24, 2.45) is 0 Å². The van der Waals surface area contributed by atoms with E-state index < -0.39 is 54.6 Å². The number of aromatic nitrogens is 2. The van der Waals surface area contributed by atoms with Crippen molar-refractivity contribution in [1.29, 1.82) is 0 Å². The first-order chi connectivity index (χ1) is 19.4. The summed E-state index contributed by atoms with van der Waals surface area (Å²) in [4.78, 5) is 45.2. The Kier molecular flexibility index (Phi) is 13.0. The number of alkyl halides is 6. The predicted octanol–water partition coefficient (Wildman–Crippen LogP) is 3.37. The van der Waals surface area contributed by atoms with Crippen LogP contribution in [-0.4, -0.2) is 74.2 Å². The summed E-state index contributed by atoms with van der Waals surface area (Å²) in [6.07, 6.45) is -6.78. The number of nitrogens with zero attached hydrogens (tertiary/aromatic N) is 2. The van der Waals surface area contributed by atoms with E-state index in [1.807, 2.05) is 0 Å². The van der Waals surface area contributed by atoms with Gasteiger partial charge < -0.3 is 19.8 Å². The van der Waals surface area contributed by atoms with Gasteiger partial charge in [0.1, 0.15) is 11.5 Å². The number of hydrogen-bond acceptors (Lipinski definition) is 8. The van der Waals surface area contributed by atoms with Crippen molar-refractivity contribution in [3.63, 3.8) is 0 Å². The maximum absolute atomic E-state index is 13.1. The van der Waals surface area contributed by atoms with Crippen LogP contribution in [0.4, 0.5) is 36.6 Å². The summed E-state index contributed by atoms with van der Waals surface area (Å²) < 4.78 is 81.7. The van der Waals surface area contributed by atoms with Gasteiger partial charge in [0.15, 0.2) is 0 Å². The third-order valence-electron chi connectivity index (χ3n) is 4.39. The summed E-state index contributed by atoms with van der Waals surface area (Å²) in [7, 11) is 0. The van der Waals surface area contributed by atoms with E-state index in [1.165, 1.54) is 24.3 Å². The van der Waals surface area contributed by atoms with E-state index in [2.05, 4.69) is 20.8 Å². The zero-order valence-electron chi connectivity index (χ0n) is 20.6. The Labute approximate surface area is 229 Å². The highest BCUT2D eigenvalue weighted by Gasteiger charge is 2.38. The molecule has 3 aromatic rings. The van der Waals surface area contributed by atoms with Gasteiger partial charge >= 0.3 is 30.3 Å². The van der Waals surface area contributed by atoms with Crippen molar-refractivity contribution in [2.75, 3.05) is 11.9 Å². The molecule has 0 saturated heterocycles. The molecule has 0 radical (unpaired) electrons. The minimum atomic E-state index is -5.08. The maximum Gasteiger partial charge on any atom is 0.490 e. The van der Waals surface area contributed by atoms with Crippen LogP contribution in [0.1, 0.15) is 5.56 Å². The number of carboxylic acid groups (broad SMARTS) is 3. The normalized spacial score (nSPS) is 11.6. The highest BCUT2D eigenvalue weighted by molar-refractivity contribution is 5.94. The Morgan fingerprint density at radius 1 is 0.857 bits per heavy atom. The van der Waals surface area contributed by atoms with Crippen LogP contribution in [-0.2, 0) is 25.6 Å². The summed E-state index contributed by atoms with van der Waals surface area (Å²) in [5, 5.41) is 32.3. The van der Waals surface area contributed by atoms with Crippen molar-refractivity contribution in [3.8, 4) is 11.3 Å². The fraction of sp³-hybridized carbons (Fsp3) is 0.217. The molecule has 3 rings (SSSR count). The number of carbonyl (C=O) groups excluding carboxylic acids is 1. The van der Waals surface area contributed by atoms with E-state index in [0.717, 1.165) is 5.56 Å². The van der Waals surface area contributed by atoms with Gasteiger partial charge in [-0.1, -0.05) is 17.3 Å².